The smallest absolute Gasteiger partial charge is 0.193 e. The van der Waals surface area contributed by atoms with Gasteiger partial charge in [-0.2, -0.15) is 0 Å². The van der Waals surface area contributed by atoms with Gasteiger partial charge in [0, 0.05) is 22.1 Å². The second-order valence-electron chi connectivity index (χ2n) is 10.1. The molecule has 1 aliphatic carbocycles. The monoisotopic (exact) mass is 466 g/mol. The van der Waals surface area contributed by atoms with E-state index in [9.17, 15) is 9.59 Å². The summed E-state index contributed by atoms with van der Waals surface area (Å²) in [5.41, 5.74) is 7.34. The van der Waals surface area contributed by atoms with E-state index in [1.807, 2.05) is 6.07 Å². The molecule has 0 saturated heterocycles. The summed E-state index contributed by atoms with van der Waals surface area (Å²) in [6.07, 6.45) is 13.0. The van der Waals surface area contributed by atoms with E-state index in [1.165, 1.54) is 73.6 Å². The summed E-state index contributed by atoms with van der Waals surface area (Å²) >= 11 is 0. The van der Waals surface area contributed by atoms with E-state index in [0.29, 0.717) is 11.1 Å². The molecule has 182 valence electrons. The maximum absolute atomic E-state index is 13.4. The average molecular weight is 467 g/mol. The van der Waals surface area contributed by atoms with Crippen molar-refractivity contribution in [3.8, 4) is 11.1 Å². The van der Waals surface area contributed by atoms with Crippen molar-refractivity contribution in [1.29, 1.82) is 0 Å². The third kappa shape index (κ3) is 5.17. The van der Waals surface area contributed by atoms with Gasteiger partial charge < -0.3 is 0 Å². The van der Waals surface area contributed by atoms with Crippen molar-refractivity contribution < 1.29 is 9.59 Å². The van der Waals surface area contributed by atoms with Crippen molar-refractivity contribution in [2.45, 2.75) is 83.5 Å². The Morgan fingerprint density at radius 3 is 1.91 bits per heavy atom. The number of aldehydes is 1. The Labute approximate surface area is 210 Å². The zero-order valence-corrected chi connectivity index (χ0v) is 21.3. The molecule has 2 heteroatoms. The largest absolute Gasteiger partial charge is 0.298 e. The third-order valence-corrected chi connectivity index (χ3v) is 7.75. The zero-order chi connectivity index (χ0) is 24.7. The van der Waals surface area contributed by atoms with Crippen LogP contribution in [0.2, 0.25) is 0 Å². The highest BCUT2D eigenvalue weighted by Gasteiger charge is 2.42. The molecule has 0 atom stereocenters. The second-order valence-corrected chi connectivity index (χ2v) is 10.1. The molecule has 0 unspecified atom stereocenters. The Bertz CT molecular complexity index is 1140. The van der Waals surface area contributed by atoms with Crippen LogP contribution in [0.4, 0.5) is 0 Å². The maximum atomic E-state index is 13.4. The van der Waals surface area contributed by atoms with Gasteiger partial charge in [-0.25, -0.2) is 0 Å². The Kier molecular flexibility index (Phi) is 8.33. The molecule has 4 rings (SSSR count). The standard InChI is InChI=1S/C33H38O2/c1-3-5-7-11-21-33(22-12-8-6-4-2)30-14-10-9-13-28(30)29-20-19-27(23-31(29)33)32(35)26-17-15-25(24-34)16-18-26/h9-10,13-20,23-24H,3-8,11-12,21-22H2,1-2H3. The summed E-state index contributed by atoms with van der Waals surface area (Å²) in [5.74, 6) is 0.0204. The Morgan fingerprint density at radius 1 is 0.686 bits per heavy atom. The highest BCUT2D eigenvalue weighted by molar-refractivity contribution is 6.09. The number of carbonyl (C=O) groups is 2. The van der Waals surface area contributed by atoms with Gasteiger partial charge in [-0.1, -0.05) is 126 Å². The van der Waals surface area contributed by atoms with Crippen molar-refractivity contribution in [3.05, 3.63) is 94.5 Å². The molecule has 3 aromatic rings. The number of benzene rings is 3. The fourth-order valence-electron chi connectivity index (χ4n) is 5.85. The molecule has 0 N–H and O–H groups in total. The zero-order valence-electron chi connectivity index (χ0n) is 21.3. The van der Waals surface area contributed by atoms with Crippen LogP contribution in [-0.2, 0) is 5.41 Å². The summed E-state index contributed by atoms with van der Waals surface area (Å²) in [4.78, 5) is 24.5. The average Bonchev–Trinajstić information content (AvgIpc) is 3.18. The SMILES string of the molecule is CCCCCCC1(CCCCCC)c2ccccc2-c2ccc(C(=O)c3ccc(C=O)cc3)cc21. The quantitative estimate of drug-likeness (QED) is 0.143. The molecule has 0 heterocycles. The van der Waals surface area contributed by atoms with Crippen LogP contribution >= 0.6 is 0 Å². The number of hydrogen-bond acceptors (Lipinski definition) is 2. The van der Waals surface area contributed by atoms with Crippen LogP contribution in [0.5, 0.6) is 0 Å². The van der Waals surface area contributed by atoms with E-state index in [1.54, 1.807) is 24.3 Å². The predicted molar refractivity (Wildman–Crippen MR) is 145 cm³/mol. The summed E-state index contributed by atoms with van der Waals surface area (Å²) in [6, 6.07) is 22.2. The van der Waals surface area contributed by atoms with Gasteiger partial charge in [0.05, 0.1) is 0 Å². The second kappa shape index (κ2) is 11.6. The van der Waals surface area contributed by atoms with Crippen LogP contribution in [-0.4, -0.2) is 12.1 Å². The van der Waals surface area contributed by atoms with Crippen molar-refractivity contribution in [2.24, 2.45) is 0 Å². The molecule has 1 aliphatic rings. The number of rotatable bonds is 13. The van der Waals surface area contributed by atoms with Crippen LogP contribution in [0.25, 0.3) is 11.1 Å². The molecule has 2 nitrogen and oxygen atoms in total. The molecular weight excluding hydrogens is 428 g/mol. The number of hydrogen-bond donors (Lipinski definition) is 0. The molecule has 0 aromatic heterocycles. The number of unbranched alkanes of at least 4 members (excludes halogenated alkanes) is 6. The van der Waals surface area contributed by atoms with Crippen molar-refractivity contribution in [1.82, 2.24) is 0 Å². The van der Waals surface area contributed by atoms with Gasteiger partial charge in [-0.3, -0.25) is 9.59 Å². The summed E-state index contributed by atoms with van der Waals surface area (Å²) in [6.45, 7) is 4.53. The minimum absolute atomic E-state index is 0.0204. The van der Waals surface area contributed by atoms with Gasteiger partial charge in [0.2, 0.25) is 0 Å². The molecular formula is C33H38O2. The first-order valence-corrected chi connectivity index (χ1v) is 13.5. The van der Waals surface area contributed by atoms with Crippen molar-refractivity contribution in [2.75, 3.05) is 0 Å². The van der Waals surface area contributed by atoms with Gasteiger partial charge in [-0.15, -0.1) is 0 Å². The summed E-state index contributed by atoms with van der Waals surface area (Å²) in [5, 5.41) is 0. The van der Waals surface area contributed by atoms with Crippen molar-refractivity contribution >= 4 is 12.1 Å². The van der Waals surface area contributed by atoms with Gasteiger partial charge in [-0.05, 0) is 41.2 Å². The fourth-order valence-corrected chi connectivity index (χ4v) is 5.85. The topological polar surface area (TPSA) is 34.1 Å². The molecule has 3 aromatic carbocycles. The molecule has 0 aliphatic heterocycles. The molecule has 0 radical (unpaired) electrons. The molecule has 0 spiro atoms. The predicted octanol–water partition coefficient (Wildman–Crippen LogP) is 8.94. The first-order valence-electron chi connectivity index (χ1n) is 13.5. The Balaban J connectivity index is 1.75. The van der Waals surface area contributed by atoms with E-state index in [0.717, 1.165) is 24.7 Å². The number of ketones is 1. The fraction of sp³-hybridized carbons (Fsp3) is 0.394. The van der Waals surface area contributed by atoms with E-state index in [4.69, 9.17) is 0 Å². The first-order chi connectivity index (χ1) is 17.1. The molecule has 0 fully saturated rings. The molecule has 0 saturated carbocycles. The lowest BCUT2D eigenvalue weighted by molar-refractivity contribution is 0.103. The summed E-state index contributed by atoms with van der Waals surface area (Å²) in [7, 11) is 0. The summed E-state index contributed by atoms with van der Waals surface area (Å²) < 4.78 is 0. The molecule has 35 heavy (non-hydrogen) atoms. The van der Waals surface area contributed by atoms with Crippen LogP contribution in [0.3, 0.4) is 0 Å². The lowest BCUT2D eigenvalue weighted by Gasteiger charge is -2.33. The molecule has 0 amide bonds. The highest BCUT2D eigenvalue weighted by atomic mass is 16.1. The van der Waals surface area contributed by atoms with E-state index < -0.39 is 0 Å². The minimum Gasteiger partial charge on any atom is -0.298 e. The van der Waals surface area contributed by atoms with Gasteiger partial charge in [0.1, 0.15) is 6.29 Å². The lowest BCUT2D eigenvalue weighted by atomic mass is 9.70. The van der Waals surface area contributed by atoms with E-state index in [-0.39, 0.29) is 11.2 Å². The molecule has 0 bridgehead atoms. The number of carbonyl (C=O) groups excluding carboxylic acids is 2. The third-order valence-electron chi connectivity index (χ3n) is 7.75. The Morgan fingerprint density at radius 2 is 1.29 bits per heavy atom. The van der Waals surface area contributed by atoms with Crippen LogP contribution in [0.15, 0.2) is 66.7 Å². The van der Waals surface area contributed by atoms with E-state index >= 15 is 0 Å². The van der Waals surface area contributed by atoms with Crippen LogP contribution < -0.4 is 0 Å². The van der Waals surface area contributed by atoms with Gasteiger partial charge in [0.25, 0.3) is 0 Å². The first kappa shape index (κ1) is 25.1. The maximum Gasteiger partial charge on any atom is 0.193 e. The minimum atomic E-state index is -0.0227. The number of fused-ring (bicyclic) bond motifs is 3. The van der Waals surface area contributed by atoms with Crippen LogP contribution in [0, 0.1) is 0 Å². The van der Waals surface area contributed by atoms with Crippen molar-refractivity contribution in [3.63, 3.8) is 0 Å². The lowest BCUT2D eigenvalue weighted by Crippen LogP contribution is -2.26. The van der Waals surface area contributed by atoms with Gasteiger partial charge >= 0.3 is 0 Å². The van der Waals surface area contributed by atoms with E-state index in [2.05, 4.69) is 50.2 Å². The highest BCUT2D eigenvalue weighted by Crippen LogP contribution is 2.54. The van der Waals surface area contributed by atoms with Gasteiger partial charge in [0.15, 0.2) is 5.78 Å². The van der Waals surface area contributed by atoms with Crippen LogP contribution in [0.1, 0.15) is 115 Å². The normalized spacial score (nSPS) is 13.3. The Hall–Kier alpha value is -3.00.